The number of carbonyl (C=O) groups excluding carboxylic acids is 1. The molecule has 0 radical (unpaired) electrons. The fourth-order valence-electron chi connectivity index (χ4n) is 2.06. The molecular weight excluding hydrogens is 236 g/mol. The molecule has 1 amide bonds. The fraction of sp³-hybridized carbons (Fsp3) is 0.562. The molecule has 0 bridgehead atoms. The predicted molar refractivity (Wildman–Crippen MR) is 81.0 cm³/mol. The Morgan fingerprint density at radius 1 is 1.26 bits per heavy atom. The van der Waals surface area contributed by atoms with E-state index in [2.05, 4.69) is 20.8 Å². The molecule has 0 aromatic heterocycles. The second-order valence-corrected chi connectivity index (χ2v) is 5.56. The van der Waals surface area contributed by atoms with Gasteiger partial charge in [0.25, 0.3) is 0 Å². The summed E-state index contributed by atoms with van der Waals surface area (Å²) in [5.41, 5.74) is 7.60. The first-order valence-corrected chi connectivity index (χ1v) is 7.03. The molecule has 0 spiro atoms. The van der Waals surface area contributed by atoms with Gasteiger partial charge >= 0.3 is 0 Å². The van der Waals surface area contributed by atoms with Crippen LogP contribution in [-0.2, 0) is 4.79 Å². The molecule has 0 aliphatic carbocycles. The lowest BCUT2D eigenvalue weighted by Crippen LogP contribution is -2.31. The van der Waals surface area contributed by atoms with Crippen LogP contribution in [0.4, 0.5) is 5.69 Å². The van der Waals surface area contributed by atoms with Crippen LogP contribution in [0.3, 0.4) is 0 Å². The Bertz CT molecular complexity index is 400. The zero-order valence-corrected chi connectivity index (χ0v) is 12.5. The number of nitrogen functional groups attached to an aromatic ring is 1. The van der Waals surface area contributed by atoms with Gasteiger partial charge in [-0.2, -0.15) is 0 Å². The van der Waals surface area contributed by atoms with Gasteiger partial charge in [-0.05, 0) is 29.5 Å². The van der Waals surface area contributed by atoms with Crippen LogP contribution in [0.5, 0.6) is 0 Å². The van der Waals surface area contributed by atoms with Crippen molar-refractivity contribution in [2.45, 2.75) is 39.5 Å². The van der Waals surface area contributed by atoms with Crippen LogP contribution in [0.25, 0.3) is 0 Å². The van der Waals surface area contributed by atoms with Crippen molar-refractivity contribution in [1.29, 1.82) is 0 Å². The van der Waals surface area contributed by atoms with Crippen molar-refractivity contribution < 1.29 is 4.79 Å². The lowest BCUT2D eigenvalue weighted by molar-refractivity contribution is -0.130. The van der Waals surface area contributed by atoms with Crippen LogP contribution in [-0.4, -0.2) is 24.4 Å². The van der Waals surface area contributed by atoms with Gasteiger partial charge in [0.15, 0.2) is 0 Å². The summed E-state index contributed by atoms with van der Waals surface area (Å²) in [6.07, 6.45) is 1.65. The summed E-state index contributed by atoms with van der Waals surface area (Å²) in [6, 6.07) is 7.78. The first-order valence-electron chi connectivity index (χ1n) is 7.03. The Morgan fingerprint density at radius 2 is 1.84 bits per heavy atom. The summed E-state index contributed by atoms with van der Waals surface area (Å²) in [5, 5.41) is 0. The lowest BCUT2D eigenvalue weighted by atomic mass is 9.97. The normalized spacial score (nSPS) is 13.9. The van der Waals surface area contributed by atoms with Crippen molar-refractivity contribution in [3.05, 3.63) is 29.8 Å². The second-order valence-electron chi connectivity index (χ2n) is 5.56. The first kappa shape index (κ1) is 15.5. The molecule has 0 aliphatic rings. The highest BCUT2D eigenvalue weighted by molar-refractivity contribution is 5.76. The summed E-state index contributed by atoms with van der Waals surface area (Å²) >= 11 is 0. The molecule has 0 aliphatic heterocycles. The summed E-state index contributed by atoms with van der Waals surface area (Å²) in [5.74, 6) is 0.998. The number of rotatable bonds is 6. The zero-order valence-electron chi connectivity index (χ0n) is 12.5. The highest BCUT2D eigenvalue weighted by atomic mass is 16.2. The predicted octanol–water partition coefficient (Wildman–Crippen LogP) is 3.27. The Balaban J connectivity index is 2.54. The molecule has 3 nitrogen and oxygen atoms in total. The average Bonchev–Trinajstić information content (AvgIpc) is 2.38. The number of benzene rings is 1. The van der Waals surface area contributed by atoms with Crippen molar-refractivity contribution in [3.63, 3.8) is 0 Å². The molecule has 0 saturated carbocycles. The van der Waals surface area contributed by atoms with E-state index in [1.807, 2.05) is 36.2 Å². The van der Waals surface area contributed by atoms with E-state index < -0.39 is 0 Å². The summed E-state index contributed by atoms with van der Waals surface area (Å²) in [4.78, 5) is 14.0. The number of anilines is 1. The number of amides is 1. The van der Waals surface area contributed by atoms with Crippen molar-refractivity contribution in [2.24, 2.45) is 5.92 Å². The molecule has 2 atom stereocenters. The molecule has 1 rings (SSSR count). The van der Waals surface area contributed by atoms with E-state index in [1.165, 1.54) is 5.56 Å². The van der Waals surface area contributed by atoms with Crippen LogP contribution in [0.15, 0.2) is 24.3 Å². The van der Waals surface area contributed by atoms with E-state index in [4.69, 9.17) is 5.73 Å². The third kappa shape index (κ3) is 4.93. The quantitative estimate of drug-likeness (QED) is 0.800. The van der Waals surface area contributed by atoms with Crippen molar-refractivity contribution in [2.75, 3.05) is 19.3 Å². The van der Waals surface area contributed by atoms with E-state index in [-0.39, 0.29) is 11.8 Å². The fourth-order valence-corrected chi connectivity index (χ4v) is 2.06. The maximum Gasteiger partial charge on any atom is 0.222 e. The third-order valence-corrected chi connectivity index (χ3v) is 3.69. The molecule has 106 valence electrons. The molecular formula is C16H26N2O. The Labute approximate surface area is 116 Å². The first-order chi connectivity index (χ1) is 8.93. The van der Waals surface area contributed by atoms with E-state index in [0.29, 0.717) is 12.3 Å². The van der Waals surface area contributed by atoms with Crippen LogP contribution in [0, 0.1) is 5.92 Å². The van der Waals surface area contributed by atoms with Gasteiger partial charge in [0.1, 0.15) is 0 Å². The minimum absolute atomic E-state index is 0.213. The smallest absolute Gasteiger partial charge is 0.222 e. The van der Waals surface area contributed by atoms with E-state index in [1.54, 1.807) is 0 Å². The topological polar surface area (TPSA) is 46.3 Å². The second kappa shape index (κ2) is 7.17. The molecule has 2 unspecified atom stereocenters. The standard InChI is InChI=1S/C16H26N2O/c1-5-12(2)11-18(4)16(19)10-13(3)14-6-8-15(17)9-7-14/h6-9,12-13H,5,10-11,17H2,1-4H3. The van der Waals surface area contributed by atoms with Crippen LogP contribution < -0.4 is 5.73 Å². The van der Waals surface area contributed by atoms with Gasteiger partial charge in [0.05, 0.1) is 0 Å². The molecule has 19 heavy (non-hydrogen) atoms. The van der Waals surface area contributed by atoms with Gasteiger partial charge in [0.2, 0.25) is 5.91 Å². The van der Waals surface area contributed by atoms with E-state index >= 15 is 0 Å². The van der Waals surface area contributed by atoms with Gasteiger partial charge in [-0.1, -0.05) is 39.3 Å². The van der Waals surface area contributed by atoms with Gasteiger partial charge in [0, 0.05) is 25.7 Å². The van der Waals surface area contributed by atoms with E-state index in [0.717, 1.165) is 18.7 Å². The van der Waals surface area contributed by atoms with Gasteiger partial charge < -0.3 is 10.6 Å². The maximum atomic E-state index is 12.1. The SMILES string of the molecule is CCC(C)CN(C)C(=O)CC(C)c1ccc(N)cc1. The lowest BCUT2D eigenvalue weighted by Gasteiger charge is -2.22. The minimum atomic E-state index is 0.213. The number of nitrogens with zero attached hydrogens (tertiary/aromatic N) is 1. The van der Waals surface area contributed by atoms with Crippen LogP contribution >= 0.6 is 0 Å². The summed E-state index contributed by atoms with van der Waals surface area (Å²) in [7, 11) is 1.89. The van der Waals surface area contributed by atoms with Crippen molar-refractivity contribution >= 4 is 11.6 Å². The van der Waals surface area contributed by atoms with E-state index in [9.17, 15) is 4.79 Å². The summed E-state index contributed by atoms with van der Waals surface area (Å²) in [6.45, 7) is 7.25. The molecule has 0 saturated heterocycles. The summed E-state index contributed by atoms with van der Waals surface area (Å²) < 4.78 is 0. The monoisotopic (exact) mass is 262 g/mol. The minimum Gasteiger partial charge on any atom is -0.399 e. The molecule has 2 N–H and O–H groups in total. The Kier molecular flexibility index (Phi) is 5.87. The Hall–Kier alpha value is -1.51. The van der Waals surface area contributed by atoms with Crippen LogP contribution in [0.2, 0.25) is 0 Å². The maximum absolute atomic E-state index is 12.1. The van der Waals surface area contributed by atoms with Crippen molar-refractivity contribution in [3.8, 4) is 0 Å². The van der Waals surface area contributed by atoms with Gasteiger partial charge in [-0.25, -0.2) is 0 Å². The molecule has 3 heteroatoms. The number of nitrogens with two attached hydrogens (primary N) is 1. The molecule has 0 fully saturated rings. The largest absolute Gasteiger partial charge is 0.399 e. The third-order valence-electron chi connectivity index (χ3n) is 3.69. The van der Waals surface area contributed by atoms with Crippen LogP contribution in [0.1, 0.15) is 45.1 Å². The van der Waals surface area contributed by atoms with Gasteiger partial charge in [-0.15, -0.1) is 0 Å². The highest BCUT2D eigenvalue weighted by Crippen LogP contribution is 2.21. The zero-order chi connectivity index (χ0) is 14.4. The number of hydrogen-bond acceptors (Lipinski definition) is 2. The highest BCUT2D eigenvalue weighted by Gasteiger charge is 2.16. The molecule has 1 aromatic rings. The number of hydrogen-bond donors (Lipinski definition) is 1. The molecule has 0 heterocycles. The van der Waals surface area contributed by atoms with Crippen molar-refractivity contribution in [1.82, 2.24) is 4.90 Å². The number of carbonyl (C=O) groups is 1. The molecule has 1 aromatic carbocycles. The average molecular weight is 262 g/mol. The van der Waals surface area contributed by atoms with Gasteiger partial charge in [-0.3, -0.25) is 4.79 Å². The Morgan fingerprint density at radius 3 is 2.37 bits per heavy atom.